The topological polar surface area (TPSA) is 40.5 Å². The quantitative estimate of drug-likeness (QED) is 0.721. The van der Waals surface area contributed by atoms with Crippen LogP contribution in [0.5, 0.6) is 0 Å². The monoisotopic (exact) mass is 189 g/mol. The first-order chi connectivity index (χ1) is 5.74. The van der Waals surface area contributed by atoms with E-state index in [1.165, 1.54) is 4.90 Å². The Bertz CT molecular complexity index is 155. The number of piperidine rings is 1. The number of amides is 1. The van der Waals surface area contributed by atoms with Crippen LogP contribution in [-0.2, 0) is 0 Å². The number of thioether (sulfide) groups is 1. The first-order valence-electron chi connectivity index (χ1n) is 4.33. The number of rotatable bonds is 2. The first-order valence-corrected chi connectivity index (χ1v) is 5.38. The summed E-state index contributed by atoms with van der Waals surface area (Å²) in [6.45, 7) is 3.58. The van der Waals surface area contributed by atoms with Crippen LogP contribution < -0.4 is 0 Å². The largest absolute Gasteiger partial charge is 0.465 e. The van der Waals surface area contributed by atoms with Crippen LogP contribution in [0.3, 0.4) is 0 Å². The van der Waals surface area contributed by atoms with Crippen molar-refractivity contribution in [3.05, 3.63) is 0 Å². The Kier molecular flexibility index (Phi) is 3.72. The highest BCUT2D eigenvalue weighted by atomic mass is 32.2. The van der Waals surface area contributed by atoms with E-state index < -0.39 is 6.09 Å². The zero-order chi connectivity index (χ0) is 8.97. The lowest BCUT2D eigenvalue weighted by Gasteiger charge is -2.29. The van der Waals surface area contributed by atoms with E-state index in [9.17, 15) is 4.79 Å². The van der Waals surface area contributed by atoms with Crippen LogP contribution in [0.15, 0.2) is 0 Å². The summed E-state index contributed by atoms with van der Waals surface area (Å²) >= 11 is 1.95. The minimum atomic E-state index is -0.769. The Morgan fingerprint density at radius 1 is 1.58 bits per heavy atom. The van der Waals surface area contributed by atoms with Crippen molar-refractivity contribution in [3.63, 3.8) is 0 Å². The zero-order valence-corrected chi connectivity index (χ0v) is 8.14. The molecule has 0 aromatic rings. The first kappa shape index (κ1) is 9.71. The predicted octanol–water partition coefficient (Wildman–Crippen LogP) is 1.88. The molecule has 0 radical (unpaired) electrons. The van der Waals surface area contributed by atoms with Crippen molar-refractivity contribution in [2.24, 2.45) is 0 Å². The van der Waals surface area contributed by atoms with Gasteiger partial charge in [-0.2, -0.15) is 11.8 Å². The summed E-state index contributed by atoms with van der Waals surface area (Å²) in [6, 6.07) is 0. The van der Waals surface area contributed by atoms with Gasteiger partial charge in [-0.3, -0.25) is 0 Å². The van der Waals surface area contributed by atoms with Gasteiger partial charge in [-0.1, -0.05) is 6.92 Å². The second kappa shape index (κ2) is 4.60. The smallest absolute Gasteiger partial charge is 0.407 e. The minimum absolute atomic E-state index is 0.686. The van der Waals surface area contributed by atoms with Gasteiger partial charge >= 0.3 is 6.09 Å². The molecule has 3 nitrogen and oxygen atoms in total. The molecular formula is C8H15NO2S. The highest BCUT2D eigenvalue weighted by Gasteiger charge is 2.21. The molecule has 1 N–H and O–H groups in total. The van der Waals surface area contributed by atoms with E-state index in [-0.39, 0.29) is 0 Å². The van der Waals surface area contributed by atoms with Crippen LogP contribution in [0.1, 0.15) is 19.8 Å². The molecule has 70 valence electrons. The van der Waals surface area contributed by atoms with Gasteiger partial charge in [0.1, 0.15) is 0 Å². The number of hydrogen-bond donors (Lipinski definition) is 1. The Morgan fingerprint density at radius 3 is 2.58 bits per heavy atom. The summed E-state index contributed by atoms with van der Waals surface area (Å²) in [6.07, 6.45) is 1.27. The molecule has 0 bridgehead atoms. The molecule has 0 spiro atoms. The van der Waals surface area contributed by atoms with E-state index in [0.717, 1.165) is 18.6 Å². The molecule has 0 aromatic carbocycles. The predicted molar refractivity (Wildman–Crippen MR) is 50.8 cm³/mol. The number of carbonyl (C=O) groups is 1. The van der Waals surface area contributed by atoms with Crippen LogP contribution in [0.4, 0.5) is 4.79 Å². The summed E-state index contributed by atoms with van der Waals surface area (Å²) in [5.41, 5.74) is 0. The summed E-state index contributed by atoms with van der Waals surface area (Å²) < 4.78 is 0. The standard InChI is InChI=1S/C8H15NO2S/c1-2-12-7-3-5-9(6-4-7)8(10)11/h7H,2-6H2,1H3,(H,10,11). The Morgan fingerprint density at radius 2 is 2.17 bits per heavy atom. The average Bonchev–Trinajstić information content (AvgIpc) is 2.06. The van der Waals surface area contributed by atoms with Gasteiger partial charge in [0.2, 0.25) is 0 Å². The van der Waals surface area contributed by atoms with Crippen molar-refractivity contribution in [1.82, 2.24) is 4.90 Å². The van der Waals surface area contributed by atoms with Gasteiger partial charge in [-0.25, -0.2) is 4.79 Å². The van der Waals surface area contributed by atoms with Crippen molar-refractivity contribution in [1.29, 1.82) is 0 Å². The number of hydrogen-bond acceptors (Lipinski definition) is 2. The van der Waals surface area contributed by atoms with Crippen LogP contribution in [0.25, 0.3) is 0 Å². The maximum Gasteiger partial charge on any atom is 0.407 e. The third kappa shape index (κ3) is 2.59. The third-order valence-electron chi connectivity index (χ3n) is 2.11. The summed E-state index contributed by atoms with van der Waals surface area (Å²) in [5, 5.41) is 9.36. The molecule has 0 unspecified atom stereocenters. The summed E-state index contributed by atoms with van der Waals surface area (Å²) in [5.74, 6) is 1.14. The van der Waals surface area contributed by atoms with Gasteiger partial charge in [0.15, 0.2) is 0 Å². The maximum atomic E-state index is 10.5. The van der Waals surface area contributed by atoms with Gasteiger partial charge in [-0.15, -0.1) is 0 Å². The average molecular weight is 189 g/mol. The molecule has 1 aliphatic rings. The lowest BCUT2D eigenvalue weighted by atomic mass is 10.1. The minimum Gasteiger partial charge on any atom is -0.465 e. The highest BCUT2D eigenvalue weighted by Crippen LogP contribution is 2.22. The zero-order valence-electron chi connectivity index (χ0n) is 7.32. The fourth-order valence-electron chi connectivity index (χ4n) is 1.45. The Balaban J connectivity index is 2.25. The molecule has 0 atom stereocenters. The molecule has 1 fully saturated rings. The van der Waals surface area contributed by atoms with Gasteiger partial charge in [-0.05, 0) is 18.6 Å². The molecule has 1 amide bonds. The van der Waals surface area contributed by atoms with Crippen LogP contribution in [-0.4, -0.2) is 40.2 Å². The van der Waals surface area contributed by atoms with Crippen molar-refractivity contribution in [3.8, 4) is 0 Å². The number of likely N-dealkylation sites (tertiary alicyclic amines) is 1. The maximum absolute atomic E-state index is 10.5. The molecule has 0 aliphatic carbocycles. The molecule has 4 heteroatoms. The molecular weight excluding hydrogens is 174 g/mol. The van der Waals surface area contributed by atoms with Gasteiger partial charge in [0, 0.05) is 18.3 Å². The fraction of sp³-hybridized carbons (Fsp3) is 0.875. The molecule has 1 rings (SSSR count). The summed E-state index contributed by atoms with van der Waals surface area (Å²) in [4.78, 5) is 12.0. The molecule has 0 aromatic heterocycles. The normalized spacial score (nSPS) is 19.6. The summed E-state index contributed by atoms with van der Waals surface area (Å²) in [7, 11) is 0. The van der Waals surface area contributed by atoms with Crippen LogP contribution >= 0.6 is 11.8 Å². The highest BCUT2D eigenvalue weighted by molar-refractivity contribution is 7.99. The second-order valence-electron chi connectivity index (χ2n) is 2.92. The van der Waals surface area contributed by atoms with Crippen LogP contribution in [0, 0.1) is 0 Å². The molecule has 1 aliphatic heterocycles. The molecule has 1 saturated heterocycles. The van der Waals surface area contributed by atoms with Crippen molar-refractivity contribution in [2.45, 2.75) is 25.0 Å². The van der Waals surface area contributed by atoms with Gasteiger partial charge in [0.05, 0.1) is 0 Å². The Hall–Kier alpha value is -0.380. The lowest BCUT2D eigenvalue weighted by Crippen LogP contribution is -2.38. The van der Waals surface area contributed by atoms with E-state index in [0.29, 0.717) is 18.3 Å². The Labute approximate surface area is 77.1 Å². The van der Waals surface area contributed by atoms with Crippen molar-refractivity contribution < 1.29 is 9.90 Å². The van der Waals surface area contributed by atoms with Gasteiger partial charge in [0.25, 0.3) is 0 Å². The SMILES string of the molecule is CCSC1CCN(C(=O)O)CC1. The molecule has 1 heterocycles. The van der Waals surface area contributed by atoms with E-state index in [1.54, 1.807) is 0 Å². The van der Waals surface area contributed by atoms with Gasteiger partial charge < -0.3 is 10.0 Å². The third-order valence-corrected chi connectivity index (χ3v) is 3.39. The lowest BCUT2D eigenvalue weighted by molar-refractivity contribution is 0.136. The van der Waals surface area contributed by atoms with Crippen molar-refractivity contribution >= 4 is 17.9 Å². The molecule has 0 saturated carbocycles. The van der Waals surface area contributed by atoms with Crippen LogP contribution in [0.2, 0.25) is 0 Å². The number of nitrogens with zero attached hydrogens (tertiary/aromatic N) is 1. The molecule has 12 heavy (non-hydrogen) atoms. The van der Waals surface area contributed by atoms with Crippen molar-refractivity contribution in [2.75, 3.05) is 18.8 Å². The second-order valence-corrected chi connectivity index (χ2v) is 4.50. The van der Waals surface area contributed by atoms with E-state index in [1.807, 2.05) is 11.8 Å². The fourth-order valence-corrected chi connectivity index (χ4v) is 2.47. The van der Waals surface area contributed by atoms with E-state index >= 15 is 0 Å². The van der Waals surface area contributed by atoms with E-state index in [2.05, 4.69) is 6.92 Å². The van der Waals surface area contributed by atoms with E-state index in [4.69, 9.17) is 5.11 Å². The number of carboxylic acid groups (broad SMARTS) is 1.